The summed E-state index contributed by atoms with van der Waals surface area (Å²) < 4.78 is 10.00. The van der Waals surface area contributed by atoms with Crippen molar-refractivity contribution in [3.63, 3.8) is 0 Å². The molecule has 0 saturated heterocycles. The largest absolute Gasteiger partial charge is 0.491 e. The monoisotopic (exact) mass is 224 g/mol. The Balaban J connectivity index is 2.25. The summed E-state index contributed by atoms with van der Waals surface area (Å²) in [5.41, 5.74) is 0. The SMILES string of the molecule is CCOC(=O)CC(O)COc1ccccc1. The molecule has 0 heterocycles. The molecule has 1 atom stereocenters. The van der Waals surface area contributed by atoms with E-state index in [1.807, 2.05) is 18.2 Å². The van der Waals surface area contributed by atoms with Gasteiger partial charge >= 0.3 is 5.97 Å². The van der Waals surface area contributed by atoms with Crippen LogP contribution in [0, 0.1) is 0 Å². The van der Waals surface area contributed by atoms with Gasteiger partial charge in [0.1, 0.15) is 12.4 Å². The van der Waals surface area contributed by atoms with Crippen LogP contribution < -0.4 is 4.74 Å². The second-order valence-corrected chi connectivity index (χ2v) is 3.29. The van der Waals surface area contributed by atoms with Crippen molar-refractivity contribution in [3.05, 3.63) is 30.3 Å². The van der Waals surface area contributed by atoms with Crippen LogP contribution in [0.5, 0.6) is 5.75 Å². The third-order valence-corrected chi connectivity index (χ3v) is 1.89. The molecule has 1 N–H and O–H groups in total. The molecule has 0 radical (unpaired) electrons. The number of esters is 1. The van der Waals surface area contributed by atoms with Gasteiger partial charge in [-0.15, -0.1) is 0 Å². The third kappa shape index (κ3) is 4.79. The van der Waals surface area contributed by atoms with Crippen molar-refractivity contribution in [1.29, 1.82) is 0 Å². The van der Waals surface area contributed by atoms with Gasteiger partial charge in [0.2, 0.25) is 0 Å². The third-order valence-electron chi connectivity index (χ3n) is 1.89. The summed E-state index contributed by atoms with van der Waals surface area (Å²) in [7, 11) is 0. The van der Waals surface area contributed by atoms with Gasteiger partial charge < -0.3 is 14.6 Å². The molecular formula is C12H16O4. The lowest BCUT2D eigenvalue weighted by Gasteiger charge is -2.11. The van der Waals surface area contributed by atoms with Gasteiger partial charge in [-0.05, 0) is 19.1 Å². The molecule has 0 aliphatic heterocycles. The zero-order valence-corrected chi connectivity index (χ0v) is 9.26. The summed E-state index contributed by atoms with van der Waals surface area (Å²) in [6, 6.07) is 9.14. The van der Waals surface area contributed by atoms with Crippen LogP contribution in [-0.4, -0.2) is 30.4 Å². The van der Waals surface area contributed by atoms with Gasteiger partial charge in [-0.3, -0.25) is 4.79 Å². The van der Waals surface area contributed by atoms with Gasteiger partial charge in [0.05, 0.1) is 19.1 Å². The topological polar surface area (TPSA) is 55.8 Å². The number of carbonyl (C=O) groups excluding carboxylic acids is 1. The molecular weight excluding hydrogens is 208 g/mol. The second kappa shape index (κ2) is 6.85. The fourth-order valence-electron chi connectivity index (χ4n) is 1.18. The molecule has 4 heteroatoms. The maximum atomic E-state index is 11.0. The zero-order chi connectivity index (χ0) is 11.8. The van der Waals surface area contributed by atoms with Crippen LogP contribution >= 0.6 is 0 Å². The highest BCUT2D eigenvalue weighted by Crippen LogP contribution is 2.09. The van der Waals surface area contributed by atoms with E-state index < -0.39 is 12.1 Å². The Hall–Kier alpha value is -1.55. The van der Waals surface area contributed by atoms with E-state index in [4.69, 9.17) is 9.47 Å². The first-order valence-corrected chi connectivity index (χ1v) is 5.24. The average Bonchev–Trinajstić information content (AvgIpc) is 2.28. The van der Waals surface area contributed by atoms with Crippen molar-refractivity contribution >= 4 is 5.97 Å². The molecule has 0 saturated carbocycles. The lowest BCUT2D eigenvalue weighted by Crippen LogP contribution is -2.22. The normalized spacial score (nSPS) is 11.9. The molecule has 16 heavy (non-hydrogen) atoms. The van der Waals surface area contributed by atoms with Crippen LogP contribution in [0.3, 0.4) is 0 Å². The predicted octanol–water partition coefficient (Wildman–Crippen LogP) is 1.38. The molecule has 1 aromatic carbocycles. The molecule has 1 unspecified atom stereocenters. The van der Waals surface area contributed by atoms with E-state index in [1.165, 1.54) is 0 Å². The van der Waals surface area contributed by atoms with Crippen molar-refractivity contribution in [2.45, 2.75) is 19.4 Å². The highest BCUT2D eigenvalue weighted by Gasteiger charge is 2.12. The first-order chi connectivity index (χ1) is 7.72. The number of aliphatic hydroxyl groups excluding tert-OH is 1. The zero-order valence-electron chi connectivity index (χ0n) is 9.26. The number of hydrogen-bond donors (Lipinski definition) is 1. The Labute approximate surface area is 94.8 Å². The van der Waals surface area contributed by atoms with E-state index in [1.54, 1.807) is 19.1 Å². The number of hydrogen-bond acceptors (Lipinski definition) is 4. The van der Waals surface area contributed by atoms with E-state index in [2.05, 4.69) is 0 Å². The van der Waals surface area contributed by atoms with Crippen LogP contribution in [0.2, 0.25) is 0 Å². The maximum Gasteiger partial charge on any atom is 0.308 e. The quantitative estimate of drug-likeness (QED) is 0.742. The summed E-state index contributed by atoms with van der Waals surface area (Å²) >= 11 is 0. The van der Waals surface area contributed by atoms with Crippen molar-refractivity contribution < 1.29 is 19.4 Å². The van der Waals surface area contributed by atoms with Gasteiger partial charge in [0.15, 0.2) is 0 Å². The lowest BCUT2D eigenvalue weighted by molar-refractivity contribution is -0.145. The fourth-order valence-corrected chi connectivity index (χ4v) is 1.18. The van der Waals surface area contributed by atoms with Crippen molar-refractivity contribution in [1.82, 2.24) is 0 Å². The minimum absolute atomic E-state index is 0.0410. The summed E-state index contributed by atoms with van der Waals surface area (Å²) in [6.45, 7) is 2.14. The van der Waals surface area contributed by atoms with Gasteiger partial charge in [0, 0.05) is 0 Å². The van der Waals surface area contributed by atoms with Crippen LogP contribution in [-0.2, 0) is 9.53 Å². The molecule has 0 aromatic heterocycles. The molecule has 0 aliphatic rings. The average molecular weight is 224 g/mol. The molecule has 0 amide bonds. The number of benzene rings is 1. The Bertz CT molecular complexity index is 310. The summed E-state index contributed by atoms with van der Waals surface area (Å²) in [6.07, 6.45) is -0.875. The van der Waals surface area contributed by atoms with Crippen LogP contribution in [0.15, 0.2) is 30.3 Å². The molecule has 0 aliphatic carbocycles. The molecule has 4 nitrogen and oxygen atoms in total. The number of aliphatic hydroxyl groups is 1. The number of para-hydroxylation sites is 1. The van der Waals surface area contributed by atoms with Gasteiger partial charge in [-0.2, -0.15) is 0 Å². The lowest BCUT2D eigenvalue weighted by atomic mass is 10.3. The second-order valence-electron chi connectivity index (χ2n) is 3.29. The Kier molecular flexibility index (Phi) is 5.36. The van der Waals surface area contributed by atoms with Crippen molar-refractivity contribution in [3.8, 4) is 5.75 Å². The molecule has 1 rings (SSSR count). The van der Waals surface area contributed by atoms with E-state index in [-0.39, 0.29) is 13.0 Å². The molecule has 88 valence electrons. The standard InChI is InChI=1S/C12H16O4/c1-2-15-12(14)8-10(13)9-16-11-6-4-3-5-7-11/h3-7,10,13H,2,8-9H2,1H3. The molecule has 0 bridgehead atoms. The maximum absolute atomic E-state index is 11.0. The molecule has 0 spiro atoms. The van der Waals surface area contributed by atoms with Crippen molar-refractivity contribution in [2.75, 3.05) is 13.2 Å². The minimum Gasteiger partial charge on any atom is -0.491 e. The summed E-state index contributed by atoms with van der Waals surface area (Å²) in [4.78, 5) is 11.0. The first-order valence-electron chi connectivity index (χ1n) is 5.24. The van der Waals surface area contributed by atoms with E-state index in [0.29, 0.717) is 12.4 Å². The van der Waals surface area contributed by atoms with E-state index in [0.717, 1.165) is 0 Å². The first kappa shape index (κ1) is 12.5. The Morgan fingerprint density at radius 1 is 1.38 bits per heavy atom. The smallest absolute Gasteiger partial charge is 0.308 e. The highest BCUT2D eigenvalue weighted by atomic mass is 16.5. The summed E-state index contributed by atoms with van der Waals surface area (Å²) in [5, 5.41) is 9.48. The number of ether oxygens (including phenoxy) is 2. The fraction of sp³-hybridized carbons (Fsp3) is 0.417. The minimum atomic E-state index is -0.834. The van der Waals surface area contributed by atoms with Crippen LogP contribution in [0.4, 0.5) is 0 Å². The van der Waals surface area contributed by atoms with Gasteiger partial charge in [-0.1, -0.05) is 18.2 Å². The van der Waals surface area contributed by atoms with Crippen LogP contribution in [0.25, 0.3) is 0 Å². The molecule has 1 aromatic rings. The Morgan fingerprint density at radius 2 is 2.06 bits per heavy atom. The van der Waals surface area contributed by atoms with E-state index in [9.17, 15) is 9.90 Å². The predicted molar refractivity (Wildman–Crippen MR) is 59.2 cm³/mol. The van der Waals surface area contributed by atoms with Gasteiger partial charge in [-0.25, -0.2) is 0 Å². The molecule has 0 fully saturated rings. The van der Waals surface area contributed by atoms with Crippen molar-refractivity contribution in [2.24, 2.45) is 0 Å². The van der Waals surface area contributed by atoms with Gasteiger partial charge in [0.25, 0.3) is 0 Å². The number of rotatable bonds is 6. The highest BCUT2D eigenvalue weighted by molar-refractivity contribution is 5.69. The Morgan fingerprint density at radius 3 is 2.69 bits per heavy atom. The van der Waals surface area contributed by atoms with E-state index >= 15 is 0 Å². The van der Waals surface area contributed by atoms with Crippen LogP contribution in [0.1, 0.15) is 13.3 Å². The summed E-state index contributed by atoms with van der Waals surface area (Å²) in [5.74, 6) is 0.261. The number of carbonyl (C=O) groups is 1.